The van der Waals surface area contributed by atoms with Gasteiger partial charge in [0, 0.05) is 23.7 Å². The van der Waals surface area contributed by atoms with E-state index in [9.17, 15) is 4.79 Å². The number of benzene rings is 1. The Morgan fingerprint density at radius 2 is 2.21 bits per heavy atom. The molecule has 1 aliphatic rings. The molecule has 0 spiro atoms. The van der Waals surface area contributed by atoms with Crippen molar-refractivity contribution in [2.75, 3.05) is 11.4 Å². The first-order valence-electron chi connectivity index (χ1n) is 6.26. The van der Waals surface area contributed by atoms with E-state index < -0.39 is 5.97 Å². The van der Waals surface area contributed by atoms with Crippen LogP contribution in [0, 0.1) is 0 Å². The van der Waals surface area contributed by atoms with E-state index in [0.29, 0.717) is 16.9 Å². The minimum absolute atomic E-state index is 0.0814. The fraction of sp³-hybridized carbons (Fsp3) is 0.357. The molecule has 98 valence electrons. The van der Waals surface area contributed by atoms with E-state index in [-0.39, 0.29) is 11.1 Å². The van der Waals surface area contributed by atoms with E-state index in [0.717, 1.165) is 13.0 Å². The van der Waals surface area contributed by atoms with Gasteiger partial charge < -0.3 is 10.0 Å². The van der Waals surface area contributed by atoms with Crippen molar-refractivity contribution in [1.82, 2.24) is 9.97 Å². The molecule has 2 heterocycles. The zero-order chi connectivity index (χ0) is 13.6. The number of hydrogen-bond acceptors (Lipinski definition) is 4. The Morgan fingerprint density at radius 3 is 2.79 bits per heavy atom. The topological polar surface area (TPSA) is 66.3 Å². The number of carboxylic acid groups (broad SMARTS) is 1. The molecule has 0 bridgehead atoms. The molecule has 1 aromatic heterocycles. The summed E-state index contributed by atoms with van der Waals surface area (Å²) in [6.07, 6.45) is 2.72. The molecule has 0 radical (unpaired) electrons. The molecule has 3 rings (SSSR count). The lowest BCUT2D eigenvalue weighted by molar-refractivity contribution is 0.0699. The molecular formula is C14H15N3O2. The number of hydrogen-bond donors (Lipinski definition) is 1. The minimum Gasteiger partial charge on any atom is -0.478 e. The van der Waals surface area contributed by atoms with Gasteiger partial charge in [-0.3, -0.25) is 0 Å². The quantitative estimate of drug-likeness (QED) is 0.894. The number of rotatable bonds is 2. The third-order valence-electron chi connectivity index (χ3n) is 3.76. The zero-order valence-corrected chi connectivity index (χ0v) is 10.9. The second-order valence-corrected chi connectivity index (χ2v) is 5.43. The van der Waals surface area contributed by atoms with Crippen LogP contribution in [0.5, 0.6) is 0 Å². The van der Waals surface area contributed by atoms with Crippen LogP contribution in [0.25, 0.3) is 10.9 Å². The third-order valence-corrected chi connectivity index (χ3v) is 3.76. The van der Waals surface area contributed by atoms with Crippen molar-refractivity contribution in [2.24, 2.45) is 0 Å². The third kappa shape index (κ3) is 1.82. The zero-order valence-electron chi connectivity index (χ0n) is 10.9. The number of fused-ring (bicyclic) bond motifs is 1. The highest BCUT2D eigenvalue weighted by Gasteiger charge is 2.37. The molecule has 1 saturated heterocycles. The summed E-state index contributed by atoms with van der Waals surface area (Å²) in [7, 11) is 0. The van der Waals surface area contributed by atoms with Crippen molar-refractivity contribution in [2.45, 2.75) is 25.8 Å². The van der Waals surface area contributed by atoms with E-state index in [1.807, 2.05) is 6.07 Å². The SMILES string of the molecule is CC1(C)CCN1c1ncc2c(C(=O)O)cccc2n1. The van der Waals surface area contributed by atoms with Crippen molar-refractivity contribution in [3.63, 3.8) is 0 Å². The van der Waals surface area contributed by atoms with E-state index in [4.69, 9.17) is 5.11 Å². The summed E-state index contributed by atoms with van der Waals surface area (Å²) in [5.74, 6) is -0.280. The highest BCUT2D eigenvalue weighted by Crippen LogP contribution is 2.33. The standard InChI is InChI=1S/C14H15N3O2/c1-14(2)6-7-17(14)13-15-8-10-9(12(18)19)4-3-5-11(10)16-13/h3-5,8H,6-7H2,1-2H3,(H,18,19). The van der Waals surface area contributed by atoms with Gasteiger partial charge >= 0.3 is 5.97 Å². The lowest BCUT2D eigenvalue weighted by Gasteiger charge is -2.48. The van der Waals surface area contributed by atoms with Crippen LogP contribution < -0.4 is 4.90 Å². The van der Waals surface area contributed by atoms with Crippen molar-refractivity contribution in [3.8, 4) is 0 Å². The number of aromatic nitrogens is 2. The van der Waals surface area contributed by atoms with Crippen molar-refractivity contribution in [3.05, 3.63) is 30.0 Å². The molecule has 0 aliphatic carbocycles. The van der Waals surface area contributed by atoms with E-state index in [1.165, 1.54) is 0 Å². The minimum atomic E-state index is -0.953. The summed E-state index contributed by atoms with van der Waals surface area (Å²) >= 11 is 0. The largest absolute Gasteiger partial charge is 0.478 e. The van der Waals surface area contributed by atoms with E-state index in [1.54, 1.807) is 18.3 Å². The van der Waals surface area contributed by atoms with E-state index >= 15 is 0 Å². The number of nitrogens with zero attached hydrogens (tertiary/aromatic N) is 3. The maximum atomic E-state index is 11.1. The Labute approximate surface area is 110 Å². The molecule has 1 aromatic carbocycles. The van der Waals surface area contributed by atoms with Gasteiger partial charge in [-0.15, -0.1) is 0 Å². The van der Waals surface area contributed by atoms with Gasteiger partial charge in [0.2, 0.25) is 5.95 Å². The number of carboxylic acids is 1. The van der Waals surface area contributed by atoms with Gasteiger partial charge in [-0.2, -0.15) is 0 Å². The molecule has 0 amide bonds. The first-order valence-corrected chi connectivity index (χ1v) is 6.26. The summed E-state index contributed by atoms with van der Waals surface area (Å²) in [6.45, 7) is 5.24. The smallest absolute Gasteiger partial charge is 0.336 e. The molecule has 1 N–H and O–H groups in total. The maximum Gasteiger partial charge on any atom is 0.336 e. The van der Waals surface area contributed by atoms with Gasteiger partial charge in [0.15, 0.2) is 0 Å². The molecule has 19 heavy (non-hydrogen) atoms. The molecule has 2 aromatic rings. The number of carbonyl (C=O) groups is 1. The molecule has 5 heteroatoms. The van der Waals surface area contributed by atoms with Crippen molar-refractivity contribution < 1.29 is 9.90 Å². The Kier molecular flexibility index (Phi) is 2.45. The Balaban J connectivity index is 2.10. The highest BCUT2D eigenvalue weighted by molar-refractivity contribution is 6.02. The molecule has 0 saturated carbocycles. The first-order chi connectivity index (χ1) is 8.99. The predicted molar refractivity (Wildman–Crippen MR) is 72.5 cm³/mol. The van der Waals surface area contributed by atoms with Crippen molar-refractivity contribution in [1.29, 1.82) is 0 Å². The summed E-state index contributed by atoms with van der Waals surface area (Å²) in [5, 5.41) is 9.72. The number of anilines is 1. The van der Waals surface area contributed by atoms with Gasteiger partial charge in [-0.05, 0) is 32.4 Å². The number of aromatic carboxylic acids is 1. The Morgan fingerprint density at radius 1 is 1.42 bits per heavy atom. The van der Waals surface area contributed by atoms with Crippen LogP contribution in [-0.2, 0) is 0 Å². The second-order valence-electron chi connectivity index (χ2n) is 5.43. The molecule has 5 nitrogen and oxygen atoms in total. The normalized spacial score (nSPS) is 17.3. The molecular weight excluding hydrogens is 242 g/mol. The summed E-state index contributed by atoms with van der Waals surface area (Å²) in [5.41, 5.74) is 0.998. The van der Waals surface area contributed by atoms with Crippen LogP contribution in [0.1, 0.15) is 30.6 Å². The van der Waals surface area contributed by atoms with Crippen LogP contribution in [0.15, 0.2) is 24.4 Å². The lowest BCUT2D eigenvalue weighted by Crippen LogP contribution is -2.56. The summed E-state index contributed by atoms with van der Waals surface area (Å²) in [6, 6.07) is 5.10. The van der Waals surface area contributed by atoms with Crippen LogP contribution in [0.4, 0.5) is 5.95 Å². The Bertz CT molecular complexity index is 667. The van der Waals surface area contributed by atoms with Crippen LogP contribution in [0.3, 0.4) is 0 Å². The molecule has 1 aliphatic heterocycles. The van der Waals surface area contributed by atoms with Crippen LogP contribution in [-0.4, -0.2) is 33.1 Å². The highest BCUT2D eigenvalue weighted by atomic mass is 16.4. The summed E-state index contributed by atoms with van der Waals surface area (Å²) < 4.78 is 0. The first kappa shape index (κ1) is 11.9. The van der Waals surface area contributed by atoms with Crippen LogP contribution >= 0.6 is 0 Å². The monoisotopic (exact) mass is 257 g/mol. The molecule has 0 atom stereocenters. The fourth-order valence-electron chi connectivity index (χ4n) is 2.40. The fourth-order valence-corrected chi connectivity index (χ4v) is 2.40. The van der Waals surface area contributed by atoms with Crippen molar-refractivity contribution >= 4 is 22.8 Å². The average Bonchev–Trinajstić information content (AvgIpc) is 2.36. The predicted octanol–water partition coefficient (Wildman–Crippen LogP) is 2.32. The molecule has 0 unspecified atom stereocenters. The van der Waals surface area contributed by atoms with Crippen LogP contribution in [0.2, 0.25) is 0 Å². The lowest BCUT2D eigenvalue weighted by atomic mass is 9.89. The van der Waals surface area contributed by atoms with Gasteiger partial charge in [0.25, 0.3) is 0 Å². The Hall–Kier alpha value is -2.17. The van der Waals surface area contributed by atoms with Gasteiger partial charge in [0.05, 0.1) is 11.1 Å². The second kappa shape index (κ2) is 3.91. The van der Waals surface area contributed by atoms with Gasteiger partial charge in [0.1, 0.15) is 0 Å². The maximum absolute atomic E-state index is 11.1. The average molecular weight is 257 g/mol. The van der Waals surface area contributed by atoms with Gasteiger partial charge in [-0.1, -0.05) is 6.07 Å². The van der Waals surface area contributed by atoms with Gasteiger partial charge in [-0.25, -0.2) is 14.8 Å². The van der Waals surface area contributed by atoms with E-state index in [2.05, 4.69) is 28.7 Å². The molecule has 1 fully saturated rings. The summed E-state index contributed by atoms with van der Waals surface area (Å²) in [4.78, 5) is 22.1.